The summed E-state index contributed by atoms with van der Waals surface area (Å²) < 4.78 is 5.45. The zero-order valence-electron chi connectivity index (χ0n) is 12.5. The summed E-state index contributed by atoms with van der Waals surface area (Å²) >= 11 is 0. The van der Waals surface area contributed by atoms with Gasteiger partial charge in [-0.1, -0.05) is 6.92 Å². The molecule has 2 rings (SSSR count). The number of ether oxygens (including phenoxy) is 1. The van der Waals surface area contributed by atoms with Crippen molar-refractivity contribution in [3.63, 3.8) is 0 Å². The molecule has 0 aliphatic carbocycles. The van der Waals surface area contributed by atoms with Gasteiger partial charge in [0.2, 0.25) is 0 Å². The van der Waals surface area contributed by atoms with Crippen LogP contribution in [0.2, 0.25) is 0 Å². The van der Waals surface area contributed by atoms with Gasteiger partial charge in [-0.05, 0) is 50.7 Å². The molecule has 0 radical (unpaired) electrons. The van der Waals surface area contributed by atoms with E-state index in [1.807, 2.05) is 0 Å². The highest BCUT2D eigenvalue weighted by Crippen LogP contribution is 2.17. The lowest BCUT2D eigenvalue weighted by Crippen LogP contribution is -2.37. The number of nitrogens with zero attached hydrogens (tertiary/aromatic N) is 2. The third-order valence-electron chi connectivity index (χ3n) is 4.51. The summed E-state index contributed by atoms with van der Waals surface area (Å²) in [7, 11) is 0. The smallest absolute Gasteiger partial charge is 0.0469 e. The molecular formula is C15H31N3O. The van der Waals surface area contributed by atoms with Gasteiger partial charge in [0.15, 0.2) is 0 Å². The first-order valence-electron chi connectivity index (χ1n) is 8.00. The van der Waals surface area contributed by atoms with E-state index in [0.29, 0.717) is 5.92 Å². The maximum atomic E-state index is 5.73. The van der Waals surface area contributed by atoms with Gasteiger partial charge in [-0.3, -0.25) is 0 Å². The first-order chi connectivity index (χ1) is 9.28. The Morgan fingerprint density at radius 1 is 1.11 bits per heavy atom. The minimum Gasteiger partial charge on any atom is -0.381 e. The predicted octanol–water partition coefficient (Wildman–Crippen LogP) is 1.02. The van der Waals surface area contributed by atoms with Crippen molar-refractivity contribution in [2.24, 2.45) is 17.6 Å². The molecule has 0 saturated carbocycles. The van der Waals surface area contributed by atoms with Crippen LogP contribution in [0.4, 0.5) is 0 Å². The Morgan fingerprint density at radius 2 is 1.79 bits per heavy atom. The summed E-state index contributed by atoms with van der Waals surface area (Å²) in [5.41, 5.74) is 5.73. The summed E-state index contributed by atoms with van der Waals surface area (Å²) in [6.45, 7) is 12.4. The molecule has 0 spiro atoms. The molecule has 2 N–H and O–H groups in total. The Bertz CT molecular complexity index is 244. The zero-order chi connectivity index (χ0) is 13.5. The summed E-state index contributed by atoms with van der Waals surface area (Å²) in [6, 6.07) is 0. The van der Waals surface area contributed by atoms with E-state index in [0.717, 1.165) is 25.7 Å². The second-order valence-corrected chi connectivity index (χ2v) is 6.35. The van der Waals surface area contributed by atoms with Crippen LogP contribution < -0.4 is 5.73 Å². The van der Waals surface area contributed by atoms with Crippen LogP contribution in [0.1, 0.15) is 26.2 Å². The second-order valence-electron chi connectivity index (χ2n) is 6.35. The molecule has 4 nitrogen and oxygen atoms in total. The van der Waals surface area contributed by atoms with Crippen LogP contribution in [-0.4, -0.2) is 68.8 Å². The van der Waals surface area contributed by atoms with E-state index in [-0.39, 0.29) is 0 Å². The fraction of sp³-hybridized carbons (Fsp3) is 1.00. The van der Waals surface area contributed by atoms with Gasteiger partial charge in [0.25, 0.3) is 0 Å². The maximum absolute atomic E-state index is 5.73. The van der Waals surface area contributed by atoms with Crippen molar-refractivity contribution in [1.29, 1.82) is 0 Å². The van der Waals surface area contributed by atoms with Gasteiger partial charge in [0.1, 0.15) is 0 Å². The van der Waals surface area contributed by atoms with Crippen molar-refractivity contribution in [1.82, 2.24) is 9.80 Å². The first-order valence-corrected chi connectivity index (χ1v) is 8.00. The van der Waals surface area contributed by atoms with E-state index in [1.165, 1.54) is 58.5 Å². The number of rotatable bonds is 5. The van der Waals surface area contributed by atoms with Crippen molar-refractivity contribution in [2.75, 3.05) is 59.0 Å². The van der Waals surface area contributed by atoms with Crippen LogP contribution in [0.3, 0.4) is 0 Å². The SMILES string of the molecule is CC(CN)CN1CCCN(CC2CCOCC2)CC1. The van der Waals surface area contributed by atoms with E-state index < -0.39 is 0 Å². The molecule has 0 amide bonds. The molecule has 2 fully saturated rings. The van der Waals surface area contributed by atoms with Gasteiger partial charge in [-0.2, -0.15) is 0 Å². The molecule has 0 bridgehead atoms. The number of hydrogen-bond donors (Lipinski definition) is 1. The molecule has 112 valence electrons. The predicted molar refractivity (Wildman–Crippen MR) is 79.3 cm³/mol. The Morgan fingerprint density at radius 3 is 2.53 bits per heavy atom. The van der Waals surface area contributed by atoms with Gasteiger partial charge in [-0.25, -0.2) is 0 Å². The van der Waals surface area contributed by atoms with Crippen molar-refractivity contribution in [3.05, 3.63) is 0 Å². The summed E-state index contributed by atoms with van der Waals surface area (Å²) in [5.74, 6) is 1.49. The van der Waals surface area contributed by atoms with E-state index in [2.05, 4.69) is 16.7 Å². The van der Waals surface area contributed by atoms with Crippen LogP contribution in [0.25, 0.3) is 0 Å². The lowest BCUT2D eigenvalue weighted by atomic mass is 10.00. The normalized spacial score (nSPS) is 26.2. The third kappa shape index (κ3) is 5.38. The highest BCUT2D eigenvalue weighted by Gasteiger charge is 2.20. The third-order valence-corrected chi connectivity index (χ3v) is 4.51. The van der Waals surface area contributed by atoms with Gasteiger partial charge < -0.3 is 20.3 Å². The molecule has 2 heterocycles. The Balaban J connectivity index is 1.70. The van der Waals surface area contributed by atoms with Crippen molar-refractivity contribution in [2.45, 2.75) is 26.2 Å². The molecular weight excluding hydrogens is 238 g/mol. The van der Waals surface area contributed by atoms with Crippen LogP contribution in [0, 0.1) is 11.8 Å². The van der Waals surface area contributed by atoms with Crippen LogP contribution in [-0.2, 0) is 4.74 Å². The molecule has 1 unspecified atom stereocenters. The zero-order valence-corrected chi connectivity index (χ0v) is 12.5. The van der Waals surface area contributed by atoms with Crippen molar-refractivity contribution < 1.29 is 4.74 Å². The summed E-state index contributed by atoms with van der Waals surface area (Å²) in [5, 5.41) is 0. The van der Waals surface area contributed by atoms with E-state index >= 15 is 0 Å². The van der Waals surface area contributed by atoms with E-state index in [4.69, 9.17) is 10.5 Å². The van der Waals surface area contributed by atoms with Gasteiger partial charge in [0.05, 0.1) is 0 Å². The number of nitrogens with two attached hydrogens (primary N) is 1. The molecule has 19 heavy (non-hydrogen) atoms. The highest BCUT2D eigenvalue weighted by atomic mass is 16.5. The summed E-state index contributed by atoms with van der Waals surface area (Å²) in [4.78, 5) is 5.27. The molecule has 0 aromatic carbocycles. The molecule has 1 atom stereocenters. The van der Waals surface area contributed by atoms with Crippen LogP contribution in [0.5, 0.6) is 0 Å². The second kappa shape index (κ2) is 8.20. The quantitative estimate of drug-likeness (QED) is 0.809. The minimum absolute atomic E-state index is 0.627. The van der Waals surface area contributed by atoms with Gasteiger partial charge >= 0.3 is 0 Å². The van der Waals surface area contributed by atoms with Gasteiger partial charge in [0, 0.05) is 39.4 Å². The topological polar surface area (TPSA) is 41.7 Å². The number of hydrogen-bond acceptors (Lipinski definition) is 4. The van der Waals surface area contributed by atoms with Crippen LogP contribution >= 0.6 is 0 Å². The van der Waals surface area contributed by atoms with Gasteiger partial charge in [-0.15, -0.1) is 0 Å². The fourth-order valence-electron chi connectivity index (χ4n) is 3.20. The minimum atomic E-state index is 0.627. The lowest BCUT2D eigenvalue weighted by molar-refractivity contribution is 0.0529. The molecule has 4 heteroatoms. The highest BCUT2D eigenvalue weighted by molar-refractivity contribution is 4.75. The maximum Gasteiger partial charge on any atom is 0.0469 e. The average molecular weight is 269 g/mol. The Kier molecular flexibility index (Phi) is 6.57. The molecule has 2 aliphatic heterocycles. The molecule has 0 aromatic rings. The summed E-state index contributed by atoms with van der Waals surface area (Å²) in [6.07, 6.45) is 3.81. The largest absolute Gasteiger partial charge is 0.381 e. The molecule has 2 saturated heterocycles. The Labute approximate surface area is 118 Å². The van der Waals surface area contributed by atoms with Crippen molar-refractivity contribution in [3.8, 4) is 0 Å². The monoisotopic (exact) mass is 269 g/mol. The molecule has 0 aromatic heterocycles. The van der Waals surface area contributed by atoms with E-state index in [9.17, 15) is 0 Å². The fourth-order valence-corrected chi connectivity index (χ4v) is 3.20. The van der Waals surface area contributed by atoms with E-state index in [1.54, 1.807) is 0 Å². The molecule has 2 aliphatic rings. The first kappa shape index (κ1) is 15.2. The standard InChI is InChI=1S/C15H31N3O/c1-14(11-16)12-17-5-2-6-18(8-7-17)13-15-3-9-19-10-4-15/h14-15H,2-13,16H2,1H3. The average Bonchev–Trinajstić information content (AvgIpc) is 2.65. The lowest BCUT2D eigenvalue weighted by Gasteiger charge is -2.29. The van der Waals surface area contributed by atoms with Crippen LogP contribution in [0.15, 0.2) is 0 Å². The Hall–Kier alpha value is -0.160. The van der Waals surface area contributed by atoms with Crippen molar-refractivity contribution >= 4 is 0 Å².